The molecule has 0 aliphatic rings. The van der Waals surface area contributed by atoms with E-state index in [0.717, 1.165) is 55.2 Å². The number of anilines is 2. The number of ether oxygens (including phenoxy) is 3. The molecule has 2 heterocycles. The van der Waals surface area contributed by atoms with E-state index in [4.69, 9.17) is 14.2 Å². The van der Waals surface area contributed by atoms with Crippen LogP contribution in [0.15, 0.2) is 96.8 Å². The zero-order chi connectivity index (χ0) is 26.4. The summed E-state index contributed by atoms with van der Waals surface area (Å²) in [5.74, 6) is 2.98. The molecule has 6 rings (SSSR count). The smallest absolute Gasteiger partial charge is 0.141 e. The summed E-state index contributed by atoms with van der Waals surface area (Å²) in [5.41, 5.74) is 6.64. The summed E-state index contributed by atoms with van der Waals surface area (Å²) >= 11 is 1.62. The highest BCUT2D eigenvalue weighted by Crippen LogP contribution is 2.32. The van der Waals surface area contributed by atoms with E-state index >= 15 is 0 Å². The van der Waals surface area contributed by atoms with E-state index in [1.807, 2.05) is 97.4 Å². The molecule has 8 heteroatoms. The van der Waals surface area contributed by atoms with Gasteiger partial charge in [-0.05, 0) is 66.6 Å². The van der Waals surface area contributed by atoms with Crippen molar-refractivity contribution >= 4 is 44.0 Å². The van der Waals surface area contributed by atoms with Gasteiger partial charge >= 0.3 is 0 Å². The summed E-state index contributed by atoms with van der Waals surface area (Å²) < 4.78 is 19.0. The van der Waals surface area contributed by atoms with Crippen LogP contribution in [0, 0.1) is 6.92 Å². The Balaban J connectivity index is 1.11. The molecule has 0 fully saturated rings. The summed E-state index contributed by atoms with van der Waals surface area (Å²) in [5, 5.41) is 4.30. The summed E-state index contributed by atoms with van der Waals surface area (Å²) in [6.45, 7) is 3.53. The third-order valence-electron chi connectivity index (χ3n) is 6.18. The van der Waals surface area contributed by atoms with Crippen LogP contribution >= 0.6 is 11.3 Å². The van der Waals surface area contributed by atoms with E-state index in [2.05, 4.69) is 20.3 Å². The van der Waals surface area contributed by atoms with Crippen LogP contribution < -0.4 is 14.8 Å². The Labute approximate surface area is 230 Å². The number of nitrogens with one attached hydrogen (secondary N) is 1. The average molecular weight is 535 g/mol. The minimum atomic E-state index is 0.449. The lowest BCUT2D eigenvalue weighted by Gasteiger charge is -2.13. The van der Waals surface area contributed by atoms with E-state index in [0.29, 0.717) is 25.6 Å². The number of aromatic nitrogens is 3. The van der Waals surface area contributed by atoms with Gasteiger partial charge in [-0.3, -0.25) is 0 Å². The lowest BCUT2D eigenvalue weighted by atomic mass is 10.2. The van der Waals surface area contributed by atoms with Gasteiger partial charge in [0.15, 0.2) is 0 Å². The third kappa shape index (κ3) is 5.98. The molecule has 4 aromatic carbocycles. The number of benzene rings is 4. The zero-order valence-corrected chi connectivity index (χ0v) is 22.2. The van der Waals surface area contributed by atoms with E-state index < -0.39 is 0 Å². The number of fused-ring (bicyclic) bond motifs is 2. The Kier molecular flexibility index (Phi) is 7.29. The fourth-order valence-corrected chi connectivity index (χ4v) is 4.87. The monoisotopic (exact) mass is 534 g/mol. The van der Waals surface area contributed by atoms with Crippen LogP contribution in [0.3, 0.4) is 0 Å². The van der Waals surface area contributed by atoms with Crippen LogP contribution in [0.4, 0.5) is 11.5 Å². The molecule has 0 spiro atoms. The summed E-state index contributed by atoms with van der Waals surface area (Å²) in [6, 6.07) is 27.8. The van der Waals surface area contributed by atoms with Gasteiger partial charge in [0.1, 0.15) is 36.0 Å². The molecule has 0 saturated heterocycles. The van der Waals surface area contributed by atoms with Crippen molar-refractivity contribution in [3.05, 3.63) is 108 Å². The molecule has 0 amide bonds. The highest BCUT2D eigenvalue weighted by atomic mass is 32.1. The highest BCUT2D eigenvalue weighted by Gasteiger charge is 2.09. The van der Waals surface area contributed by atoms with Gasteiger partial charge in [0.05, 0.1) is 34.5 Å². The van der Waals surface area contributed by atoms with Crippen LogP contribution in [0.25, 0.3) is 21.1 Å². The van der Waals surface area contributed by atoms with Crippen molar-refractivity contribution in [1.82, 2.24) is 15.0 Å². The van der Waals surface area contributed by atoms with Crippen molar-refractivity contribution in [2.24, 2.45) is 0 Å². The molecule has 0 unspecified atom stereocenters. The predicted molar refractivity (Wildman–Crippen MR) is 155 cm³/mol. The number of rotatable bonds is 10. The minimum absolute atomic E-state index is 0.449. The Bertz CT molecular complexity index is 1720. The Morgan fingerprint density at radius 3 is 2.59 bits per heavy atom. The molecule has 6 aromatic rings. The largest absolute Gasteiger partial charge is 0.491 e. The van der Waals surface area contributed by atoms with Crippen molar-refractivity contribution in [2.45, 2.75) is 13.5 Å². The Morgan fingerprint density at radius 1 is 0.795 bits per heavy atom. The molecule has 0 radical (unpaired) electrons. The number of nitrogens with zero attached hydrogens (tertiary/aromatic N) is 3. The summed E-state index contributed by atoms with van der Waals surface area (Å²) in [4.78, 5) is 13.3. The molecule has 0 bridgehead atoms. The molecule has 0 saturated carbocycles. The summed E-state index contributed by atoms with van der Waals surface area (Å²) in [7, 11) is 0. The van der Waals surface area contributed by atoms with Crippen molar-refractivity contribution < 1.29 is 14.2 Å². The Morgan fingerprint density at radius 2 is 1.69 bits per heavy atom. The van der Waals surface area contributed by atoms with Crippen molar-refractivity contribution in [2.75, 3.05) is 18.5 Å². The standard InChI is InChI=1S/C31H26N4O3S/c1-21-15-23(7-11-29(21)38-25-9-12-30-28(17-25)34-20-39-30)35-31-26-16-24(8-10-27(26)32-19-33-31)37-14-13-36-18-22-5-3-2-4-6-22/h2-12,15-17,19-20H,13-14,18H2,1H3,(H,32,33,35). The number of hydrogen-bond acceptors (Lipinski definition) is 8. The number of thiazole rings is 1. The fourth-order valence-electron chi connectivity index (χ4n) is 4.21. The lowest BCUT2D eigenvalue weighted by Crippen LogP contribution is -2.06. The first-order valence-electron chi connectivity index (χ1n) is 12.6. The maximum absolute atomic E-state index is 6.14. The highest BCUT2D eigenvalue weighted by molar-refractivity contribution is 7.16. The van der Waals surface area contributed by atoms with Gasteiger partial charge in [0, 0.05) is 17.1 Å². The first-order chi connectivity index (χ1) is 19.2. The number of aryl methyl sites for hydroxylation is 1. The topological polar surface area (TPSA) is 78.4 Å². The molecular weight excluding hydrogens is 508 g/mol. The van der Waals surface area contributed by atoms with E-state index in [1.165, 1.54) is 0 Å². The van der Waals surface area contributed by atoms with Gasteiger partial charge in [0.25, 0.3) is 0 Å². The number of hydrogen-bond donors (Lipinski definition) is 1. The zero-order valence-electron chi connectivity index (χ0n) is 21.3. The maximum atomic E-state index is 6.14. The van der Waals surface area contributed by atoms with E-state index in [1.54, 1.807) is 17.7 Å². The Hall–Kier alpha value is -4.53. The molecule has 1 N–H and O–H groups in total. The second-order valence-corrected chi connectivity index (χ2v) is 9.86. The van der Waals surface area contributed by atoms with Gasteiger partial charge in [-0.1, -0.05) is 30.3 Å². The molecule has 2 aromatic heterocycles. The van der Waals surface area contributed by atoms with Gasteiger partial charge in [-0.15, -0.1) is 11.3 Å². The molecular formula is C31H26N4O3S. The van der Waals surface area contributed by atoms with E-state index in [9.17, 15) is 0 Å². The molecule has 194 valence electrons. The fraction of sp³-hybridized carbons (Fsp3) is 0.129. The second-order valence-electron chi connectivity index (χ2n) is 8.98. The second kappa shape index (κ2) is 11.5. The van der Waals surface area contributed by atoms with Gasteiger partial charge in [0.2, 0.25) is 0 Å². The third-order valence-corrected chi connectivity index (χ3v) is 6.99. The van der Waals surface area contributed by atoms with Crippen molar-refractivity contribution in [3.8, 4) is 17.2 Å². The summed E-state index contributed by atoms with van der Waals surface area (Å²) in [6.07, 6.45) is 1.56. The average Bonchev–Trinajstić information content (AvgIpc) is 3.43. The lowest BCUT2D eigenvalue weighted by molar-refractivity contribution is 0.0890. The van der Waals surface area contributed by atoms with Gasteiger partial charge in [-0.2, -0.15) is 0 Å². The van der Waals surface area contributed by atoms with Crippen molar-refractivity contribution in [1.29, 1.82) is 0 Å². The normalized spacial score (nSPS) is 11.1. The molecule has 0 atom stereocenters. The molecule has 39 heavy (non-hydrogen) atoms. The van der Waals surface area contributed by atoms with Crippen LogP contribution in [0.1, 0.15) is 11.1 Å². The minimum Gasteiger partial charge on any atom is -0.491 e. The SMILES string of the molecule is Cc1cc(Nc2ncnc3ccc(OCCOCc4ccccc4)cc23)ccc1Oc1ccc2scnc2c1. The van der Waals surface area contributed by atoms with Crippen LogP contribution in [-0.4, -0.2) is 28.2 Å². The van der Waals surface area contributed by atoms with Gasteiger partial charge < -0.3 is 19.5 Å². The first kappa shape index (κ1) is 24.8. The van der Waals surface area contributed by atoms with Crippen LogP contribution in [-0.2, 0) is 11.3 Å². The van der Waals surface area contributed by atoms with Crippen molar-refractivity contribution in [3.63, 3.8) is 0 Å². The predicted octanol–water partition coefficient (Wildman–Crippen LogP) is 7.68. The van der Waals surface area contributed by atoms with E-state index in [-0.39, 0.29) is 0 Å². The molecule has 0 aliphatic carbocycles. The quantitative estimate of drug-likeness (QED) is 0.181. The molecule has 0 aliphatic heterocycles. The van der Waals surface area contributed by atoms with Crippen LogP contribution in [0.5, 0.6) is 17.2 Å². The molecule has 7 nitrogen and oxygen atoms in total. The van der Waals surface area contributed by atoms with Crippen LogP contribution in [0.2, 0.25) is 0 Å². The maximum Gasteiger partial charge on any atom is 0.141 e. The van der Waals surface area contributed by atoms with Gasteiger partial charge in [-0.25, -0.2) is 15.0 Å². The first-order valence-corrected chi connectivity index (χ1v) is 13.5.